The molecule has 0 fully saturated rings. The van der Waals surface area contributed by atoms with Gasteiger partial charge in [-0.25, -0.2) is 9.89 Å². The van der Waals surface area contributed by atoms with Gasteiger partial charge in [0.25, 0.3) is 0 Å². The standard InChI is InChI=1S/C20H22N4O5/c1-10-12(7-15(25)23-19-21-9-22-24-19)18(26)28-17-11-5-6-20(2,3)29-13(11)8-14(27-4)16(10)17/h8-9H,5-7H2,1-4H3,(H2,21,22,23,24,25). The molecule has 0 saturated carbocycles. The largest absolute Gasteiger partial charge is 0.496 e. The molecule has 0 saturated heterocycles. The van der Waals surface area contributed by atoms with E-state index in [2.05, 4.69) is 20.5 Å². The van der Waals surface area contributed by atoms with Gasteiger partial charge in [-0.15, -0.1) is 0 Å². The molecule has 29 heavy (non-hydrogen) atoms. The molecule has 0 radical (unpaired) electrons. The van der Waals surface area contributed by atoms with E-state index in [1.54, 1.807) is 14.0 Å². The number of amides is 1. The SMILES string of the molecule is COc1cc2c(c3oc(=O)c(CC(=O)Nc4ncn[nH]4)c(C)c13)CCC(C)(C)O2. The van der Waals surface area contributed by atoms with E-state index in [4.69, 9.17) is 13.9 Å². The van der Waals surface area contributed by atoms with E-state index < -0.39 is 11.5 Å². The summed E-state index contributed by atoms with van der Waals surface area (Å²) in [6.07, 6.45) is 2.64. The van der Waals surface area contributed by atoms with Crippen LogP contribution in [0.25, 0.3) is 11.0 Å². The Morgan fingerprint density at radius 1 is 1.41 bits per heavy atom. The number of ether oxygens (including phenoxy) is 2. The Labute approximate surface area is 166 Å². The Morgan fingerprint density at radius 3 is 2.90 bits per heavy atom. The molecular weight excluding hydrogens is 376 g/mol. The molecule has 1 amide bonds. The van der Waals surface area contributed by atoms with E-state index in [9.17, 15) is 9.59 Å². The van der Waals surface area contributed by atoms with E-state index in [-0.39, 0.29) is 23.5 Å². The van der Waals surface area contributed by atoms with Crippen LogP contribution < -0.4 is 20.4 Å². The molecule has 2 N–H and O–H groups in total. The first kappa shape index (κ1) is 19.0. The van der Waals surface area contributed by atoms with E-state index >= 15 is 0 Å². The van der Waals surface area contributed by atoms with Crippen LogP contribution in [0.4, 0.5) is 5.95 Å². The van der Waals surface area contributed by atoms with Crippen molar-refractivity contribution in [1.29, 1.82) is 0 Å². The van der Waals surface area contributed by atoms with Crippen LogP contribution in [-0.4, -0.2) is 33.8 Å². The zero-order valence-corrected chi connectivity index (χ0v) is 16.7. The van der Waals surface area contributed by atoms with E-state index in [1.807, 2.05) is 19.9 Å². The molecule has 0 spiro atoms. The lowest BCUT2D eigenvalue weighted by molar-refractivity contribution is -0.115. The minimum Gasteiger partial charge on any atom is -0.496 e. The second kappa shape index (κ2) is 6.91. The van der Waals surface area contributed by atoms with Crippen LogP contribution in [0.15, 0.2) is 21.6 Å². The number of anilines is 1. The van der Waals surface area contributed by atoms with E-state index in [0.29, 0.717) is 28.0 Å². The van der Waals surface area contributed by atoms with Gasteiger partial charge in [0.15, 0.2) is 0 Å². The summed E-state index contributed by atoms with van der Waals surface area (Å²) in [5.74, 6) is 1.00. The van der Waals surface area contributed by atoms with Crippen LogP contribution in [0.3, 0.4) is 0 Å². The van der Waals surface area contributed by atoms with Crippen molar-refractivity contribution in [3.63, 3.8) is 0 Å². The highest BCUT2D eigenvalue weighted by atomic mass is 16.5. The summed E-state index contributed by atoms with van der Waals surface area (Å²) in [6.45, 7) is 5.83. The minimum absolute atomic E-state index is 0.158. The van der Waals surface area contributed by atoms with Gasteiger partial charge in [0.1, 0.15) is 29.0 Å². The van der Waals surface area contributed by atoms with Crippen molar-refractivity contribution in [2.75, 3.05) is 12.4 Å². The number of carbonyl (C=O) groups is 1. The number of hydrogen-bond donors (Lipinski definition) is 2. The Hall–Kier alpha value is -3.36. The van der Waals surface area contributed by atoms with Crippen LogP contribution in [0, 0.1) is 6.92 Å². The number of H-pyrrole nitrogens is 1. The Kier molecular flexibility index (Phi) is 4.52. The Morgan fingerprint density at radius 2 is 2.21 bits per heavy atom. The van der Waals surface area contributed by atoms with Crippen LogP contribution in [-0.2, 0) is 17.6 Å². The van der Waals surface area contributed by atoms with Crippen LogP contribution in [0.5, 0.6) is 11.5 Å². The fraction of sp³-hybridized carbons (Fsp3) is 0.400. The first-order chi connectivity index (χ1) is 13.8. The van der Waals surface area contributed by atoms with Gasteiger partial charge in [-0.2, -0.15) is 10.1 Å². The van der Waals surface area contributed by atoms with Gasteiger partial charge in [-0.3, -0.25) is 10.1 Å². The third-order valence-electron chi connectivity index (χ3n) is 5.17. The molecule has 1 aromatic carbocycles. The predicted molar refractivity (Wildman–Crippen MR) is 106 cm³/mol. The highest BCUT2D eigenvalue weighted by molar-refractivity contribution is 5.95. The lowest BCUT2D eigenvalue weighted by Gasteiger charge is -2.33. The second-order valence-electron chi connectivity index (χ2n) is 7.67. The number of nitrogens with one attached hydrogen (secondary N) is 2. The topological polar surface area (TPSA) is 119 Å². The molecule has 4 rings (SSSR count). The summed E-state index contributed by atoms with van der Waals surface area (Å²) < 4.78 is 17.3. The van der Waals surface area contributed by atoms with Gasteiger partial charge >= 0.3 is 5.63 Å². The number of methoxy groups -OCH3 is 1. The van der Waals surface area contributed by atoms with Crippen LogP contribution >= 0.6 is 0 Å². The summed E-state index contributed by atoms with van der Waals surface area (Å²) >= 11 is 0. The number of fused-ring (bicyclic) bond motifs is 3. The Balaban J connectivity index is 1.80. The third kappa shape index (κ3) is 3.43. The van der Waals surface area contributed by atoms with Gasteiger partial charge < -0.3 is 13.9 Å². The maximum atomic E-state index is 12.7. The van der Waals surface area contributed by atoms with Crippen molar-refractivity contribution in [3.8, 4) is 11.5 Å². The maximum absolute atomic E-state index is 12.7. The molecule has 0 unspecified atom stereocenters. The fourth-order valence-electron chi connectivity index (χ4n) is 3.65. The monoisotopic (exact) mass is 398 g/mol. The minimum atomic E-state index is -0.553. The third-order valence-corrected chi connectivity index (χ3v) is 5.17. The molecule has 152 valence electrons. The molecule has 0 bridgehead atoms. The molecule has 9 nitrogen and oxygen atoms in total. The van der Waals surface area contributed by atoms with Gasteiger partial charge in [-0.1, -0.05) is 0 Å². The van der Waals surface area contributed by atoms with E-state index in [1.165, 1.54) is 6.33 Å². The first-order valence-corrected chi connectivity index (χ1v) is 9.29. The van der Waals surface area contributed by atoms with Crippen molar-refractivity contribution in [2.45, 2.75) is 45.6 Å². The predicted octanol–water partition coefficient (Wildman–Crippen LogP) is 2.51. The lowest BCUT2D eigenvalue weighted by Crippen LogP contribution is -2.32. The first-order valence-electron chi connectivity index (χ1n) is 9.29. The van der Waals surface area contributed by atoms with Crippen molar-refractivity contribution in [1.82, 2.24) is 15.2 Å². The number of rotatable bonds is 4. The molecule has 3 heterocycles. The summed E-state index contributed by atoms with van der Waals surface area (Å²) in [7, 11) is 1.55. The second-order valence-corrected chi connectivity index (χ2v) is 7.67. The molecule has 1 aliphatic rings. The molecule has 3 aromatic rings. The Bertz CT molecular complexity index is 1150. The van der Waals surface area contributed by atoms with Crippen molar-refractivity contribution in [2.24, 2.45) is 0 Å². The van der Waals surface area contributed by atoms with E-state index in [0.717, 1.165) is 18.4 Å². The average molecular weight is 398 g/mol. The van der Waals surface area contributed by atoms with Gasteiger partial charge in [0.2, 0.25) is 11.9 Å². The summed E-state index contributed by atoms with van der Waals surface area (Å²) in [5, 5.41) is 9.45. The normalized spacial score (nSPS) is 14.9. The number of benzene rings is 1. The number of aryl methyl sites for hydroxylation is 2. The van der Waals surface area contributed by atoms with Crippen LogP contribution in [0.1, 0.15) is 37.0 Å². The smallest absolute Gasteiger partial charge is 0.340 e. The quantitative estimate of drug-likeness (QED) is 0.648. The highest BCUT2D eigenvalue weighted by Gasteiger charge is 2.31. The number of hydrogen-bond acceptors (Lipinski definition) is 7. The fourth-order valence-corrected chi connectivity index (χ4v) is 3.65. The number of aromatic nitrogens is 3. The average Bonchev–Trinajstić information content (AvgIpc) is 3.16. The van der Waals surface area contributed by atoms with Gasteiger partial charge in [0, 0.05) is 11.6 Å². The molecule has 1 aliphatic heterocycles. The molecule has 0 atom stereocenters. The van der Waals surface area contributed by atoms with Gasteiger partial charge in [0.05, 0.1) is 24.5 Å². The molecular formula is C20H22N4O5. The zero-order chi connectivity index (χ0) is 20.8. The highest BCUT2D eigenvalue weighted by Crippen LogP contribution is 2.43. The molecule has 0 aliphatic carbocycles. The lowest BCUT2D eigenvalue weighted by atomic mass is 9.91. The molecule has 9 heteroatoms. The number of aromatic amines is 1. The summed E-state index contributed by atoms with van der Waals surface area (Å²) in [5.41, 5.74) is 1.36. The van der Waals surface area contributed by atoms with Gasteiger partial charge in [-0.05, 0) is 39.2 Å². The number of carbonyl (C=O) groups excluding carboxylic acids is 1. The number of nitrogens with zero attached hydrogens (tertiary/aromatic N) is 2. The van der Waals surface area contributed by atoms with Crippen molar-refractivity contribution >= 4 is 22.8 Å². The summed E-state index contributed by atoms with van der Waals surface area (Å²) in [6, 6.07) is 1.82. The zero-order valence-electron chi connectivity index (χ0n) is 16.7. The van der Waals surface area contributed by atoms with Crippen molar-refractivity contribution in [3.05, 3.63) is 39.5 Å². The summed E-state index contributed by atoms with van der Waals surface area (Å²) in [4.78, 5) is 28.9. The molecule has 2 aromatic heterocycles. The van der Waals surface area contributed by atoms with Crippen molar-refractivity contribution < 1.29 is 18.7 Å². The van der Waals surface area contributed by atoms with Crippen LogP contribution in [0.2, 0.25) is 0 Å². The maximum Gasteiger partial charge on any atom is 0.340 e.